The number of rotatable bonds is 9. The van der Waals surface area contributed by atoms with Crippen molar-refractivity contribution in [1.29, 1.82) is 0 Å². The molecule has 0 spiro atoms. The molecular weight excluding hydrogens is 496 g/mol. The lowest BCUT2D eigenvalue weighted by molar-refractivity contribution is 0.0782. The van der Waals surface area contributed by atoms with Crippen molar-refractivity contribution in [3.63, 3.8) is 0 Å². The maximum Gasteiger partial charge on any atom is 0.167 e. The quantitative estimate of drug-likeness (QED) is 0.306. The summed E-state index contributed by atoms with van der Waals surface area (Å²) in [7, 11) is -4.51. The van der Waals surface area contributed by atoms with E-state index in [2.05, 4.69) is 41.7 Å². The standard InChI is InChI=1S/C24H36N6O4SSi/c1-18-16-33-11-10-28(18)21-14-20(24(7-8-24)35(2,31)32)19-15-26-30(23(19)27-21)22-6-9-25-29(22)17-34-12-13-36(3,4)5/h6,9,14-15,18H,7-8,10-13,16-17H2,1-5H3/t18-/m1/s1. The van der Waals surface area contributed by atoms with Gasteiger partial charge in [-0.25, -0.2) is 18.1 Å². The molecule has 0 bridgehead atoms. The highest BCUT2D eigenvalue weighted by atomic mass is 32.2. The highest BCUT2D eigenvalue weighted by Gasteiger charge is 2.55. The van der Waals surface area contributed by atoms with Crippen LogP contribution in [0.25, 0.3) is 16.9 Å². The van der Waals surface area contributed by atoms with Crippen LogP contribution in [0, 0.1) is 0 Å². The number of aromatic nitrogens is 5. The van der Waals surface area contributed by atoms with Crippen molar-refractivity contribution in [2.75, 3.05) is 37.5 Å². The normalized spacial score (nSPS) is 20.2. The molecule has 0 radical (unpaired) electrons. The third kappa shape index (κ3) is 4.71. The van der Waals surface area contributed by atoms with Crippen LogP contribution in [0.15, 0.2) is 24.5 Å². The molecule has 3 aromatic rings. The minimum Gasteiger partial charge on any atom is -0.377 e. The Hall–Kier alpha value is -2.28. The summed E-state index contributed by atoms with van der Waals surface area (Å²) in [6, 6.07) is 5.05. The van der Waals surface area contributed by atoms with Crippen molar-refractivity contribution in [1.82, 2.24) is 24.5 Å². The maximum atomic E-state index is 12.9. The Morgan fingerprint density at radius 2 is 2.03 bits per heavy atom. The largest absolute Gasteiger partial charge is 0.377 e. The molecule has 0 N–H and O–H groups in total. The molecule has 3 aromatic heterocycles. The molecule has 10 nitrogen and oxygen atoms in total. The summed E-state index contributed by atoms with van der Waals surface area (Å²) in [5.74, 6) is 1.48. The van der Waals surface area contributed by atoms with Gasteiger partial charge in [-0.2, -0.15) is 14.9 Å². The minimum atomic E-state index is -3.32. The number of hydrogen-bond acceptors (Lipinski definition) is 8. The monoisotopic (exact) mass is 532 g/mol. The van der Waals surface area contributed by atoms with Gasteiger partial charge in [0.15, 0.2) is 21.3 Å². The average molecular weight is 533 g/mol. The van der Waals surface area contributed by atoms with Crippen LogP contribution in [-0.2, 0) is 30.8 Å². The minimum absolute atomic E-state index is 0.131. The zero-order valence-electron chi connectivity index (χ0n) is 21.8. The Bertz CT molecular complexity index is 1360. The van der Waals surface area contributed by atoms with Crippen LogP contribution in [0.2, 0.25) is 25.7 Å². The Morgan fingerprint density at radius 3 is 2.69 bits per heavy atom. The molecule has 196 valence electrons. The fraction of sp³-hybridized carbons (Fsp3) is 0.625. The second-order valence-corrected chi connectivity index (χ2v) is 19.2. The molecule has 2 aliphatic rings. The van der Waals surface area contributed by atoms with Gasteiger partial charge in [0.2, 0.25) is 0 Å². The van der Waals surface area contributed by atoms with E-state index >= 15 is 0 Å². The van der Waals surface area contributed by atoms with Crippen molar-refractivity contribution >= 4 is 34.8 Å². The molecular formula is C24H36N6O4SSi. The van der Waals surface area contributed by atoms with E-state index in [4.69, 9.17) is 14.5 Å². The van der Waals surface area contributed by atoms with Crippen molar-refractivity contribution in [3.05, 3.63) is 30.1 Å². The van der Waals surface area contributed by atoms with Gasteiger partial charge in [0.1, 0.15) is 12.5 Å². The summed E-state index contributed by atoms with van der Waals surface area (Å²) >= 11 is 0. The number of nitrogens with zero attached hydrogens (tertiary/aromatic N) is 6. The Morgan fingerprint density at radius 1 is 1.25 bits per heavy atom. The molecule has 1 saturated carbocycles. The number of pyridine rings is 1. The summed E-state index contributed by atoms with van der Waals surface area (Å²) in [4.78, 5) is 7.21. The van der Waals surface area contributed by atoms with Crippen LogP contribution >= 0.6 is 0 Å². The molecule has 36 heavy (non-hydrogen) atoms. The number of hydrogen-bond donors (Lipinski definition) is 0. The van der Waals surface area contributed by atoms with Crippen molar-refractivity contribution in [2.24, 2.45) is 0 Å². The number of anilines is 1. The zero-order chi connectivity index (χ0) is 25.7. The molecule has 1 atom stereocenters. The average Bonchev–Trinajstić information content (AvgIpc) is 3.33. The molecule has 4 heterocycles. The predicted molar refractivity (Wildman–Crippen MR) is 142 cm³/mol. The van der Waals surface area contributed by atoms with E-state index in [1.165, 1.54) is 6.26 Å². The summed E-state index contributed by atoms with van der Waals surface area (Å²) in [6.07, 6.45) is 6.01. The van der Waals surface area contributed by atoms with Crippen LogP contribution in [0.5, 0.6) is 0 Å². The molecule has 1 saturated heterocycles. The van der Waals surface area contributed by atoms with Gasteiger partial charge in [-0.3, -0.25) is 0 Å². The second-order valence-electron chi connectivity index (χ2n) is 11.2. The highest BCUT2D eigenvalue weighted by molar-refractivity contribution is 7.92. The SMILES string of the molecule is C[C@@H]1COCCN1c1cc(C2(S(C)(=O)=O)CC2)c2cnn(-c3ccnn3COCC[Si](C)(C)C)c2n1. The van der Waals surface area contributed by atoms with Crippen LogP contribution in [0.3, 0.4) is 0 Å². The van der Waals surface area contributed by atoms with Crippen LogP contribution < -0.4 is 4.90 Å². The lowest BCUT2D eigenvalue weighted by Crippen LogP contribution is -2.44. The fourth-order valence-corrected chi connectivity index (χ4v) is 7.00. The van der Waals surface area contributed by atoms with Crippen LogP contribution in [0.1, 0.15) is 25.3 Å². The zero-order valence-corrected chi connectivity index (χ0v) is 23.6. The van der Waals surface area contributed by atoms with Gasteiger partial charge in [-0.05, 0) is 37.4 Å². The third-order valence-corrected chi connectivity index (χ3v) is 11.0. The first-order chi connectivity index (χ1) is 17.0. The second kappa shape index (κ2) is 9.23. The molecule has 0 amide bonds. The Labute approximate surface area is 213 Å². The van der Waals surface area contributed by atoms with Gasteiger partial charge in [-0.1, -0.05) is 19.6 Å². The summed E-state index contributed by atoms with van der Waals surface area (Å²) in [6.45, 7) is 12.0. The van der Waals surface area contributed by atoms with Crippen molar-refractivity contribution in [2.45, 2.75) is 63.0 Å². The summed E-state index contributed by atoms with van der Waals surface area (Å²) in [5, 5.41) is 9.87. The summed E-state index contributed by atoms with van der Waals surface area (Å²) in [5.41, 5.74) is 1.41. The molecule has 1 aliphatic carbocycles. The lowest BCUT2D eigenvalue weighted by Gasteiger charge is -2.34. The molecule has 0 unspecified atom stereocenters. The van der Waals surface area contributed by atoms with Crippen molar-refractivity contribution < 1.29 is 17.9 Å². The van der Waals surface area contributed by atoms with Crippen LogP contribution in [0.4, 0.5) is 5.82 Å². The first-order valence-corrected chi connectivity index (χ1v) is 18.1. The summed E-state index contributed by atoms with van der Waals surface area (Å²) < 4.78 is 40.0. The topological polar surface area (TPSA) is 104 Å². The molecule has 12 heteroatoms. The van der Waals surface area contributed by atoms with E-state index < -0.39 is 22.7 Å². The Balaban J connectivity index is 1.57. The third-order valence-electron chi connectivity index (χ3n) is 7.22. The van der Waals surface area contributed by atoms with Crippen molar-refractivity contribution in [3.8, 4) is 5.82 Å². The first kappa shape index (κ1) is 25.4. The number of sulfone groups is 1. The van der Waals surface area contributed by atoms with E-state index in [9.17, 15) is 8.42 Å². The van der Waals surface area contributed by atoms with Crippen LogP contribution in [-0.4, -0.2) is 79.7 Å². The van der Waals surface area contributed by atoms with Gasteiger partial charge in [0.25, 0.3) is 0 Å². The van der Waals surface area contributed by atoms with E-state index in [1.807, 2.05) is 12.1 Å². The van der Waals surface area contributed by atoms with E-state index in [0.717, 1.165) is 28.6 Å². The van der Waals surface area contributed by atoms with Gasteiger partial charge in [-0.15, -0.1) is 0 Å². The first-order valence-electron chi connectivity index (χ1n) is 12.5. The predicted octanol–water partition coefficient (Wildman–Crippen LogP) is 3.19. The fourth-order valence-electron chi connectivity index (χ4n) is 4.83. The smallest absolute Gasteiger partial charge is 0.167 e. The number of morpholine rings is 1. The molecule has 1 aliphatic heterocycles. The number of fused-ring (bicyclic) bond motifs is 1. The lowest BCUT2D eigenvalue weighted by atomic mass is 10.1. The van der Waals surface area contributed by atoms with Gasteiger partial charge in [0, 0.05) is 38.9 Å². The van der Waals surface area contributed by atoms with E-state index in [1.54, 1.807) is 21.8 Å². The molecule has 0 aromatic carbocycles. The molecule has 5 rings (SSSR count). The van der Waals surface area contributed by atoms with E-state index in [-0.39, 0.29) is 6.04 Å². The highest BCUT2D eigenvalue weighted by Crippen LogP contribution is 2.54. The molecule has 2 fully saturated rings. The van der Waals surface area contributed by atoms with E-state index in [0.29, 0.717) is 51.6 Å². The van der Waals surface area contributed by atoms with Gasteiger partial charge in [0.05, 0.1) is 36.4 Å². The van der Waals surface area contributed by atoms with Gasteiger partial charge >= 0.3 is 0 Å². The van der Waals surface area contributed by atoms with Gasteiger partial charge < -0.3 is 14.4 Å². The maximum absolute atomic E-state index is 12.9. The number of ether oxygens (including phenoxy) is 2. The Kier molecular flexibility index (Phi) is 6.50.